The van der Waals surface area contributed by atoms with Crippen molar-refractivity contribution in [2.24, 2.45) is 0 Å². The number of hydrogen-bond donors (Lipinski definition) is 1. The van der Waals surface area contributed by atoms with E-state index in [2.05, 4.69) is 46.8 Å². The summed E-state index contributed by atoms with van der Waals surface area (Å²) in [5, 5.41) is 8.01. The van der Waals surface area contributed by atoms with Gasteiger partial charge in [0.2, 0.25) is 0 Å². The van der Waals surface area contributed by atoms with Gasteiger partial charge < -0.3 is 5.32 Å². The number of aryl methyl sites for hydroxylation is 1. The minimum atomic E-state index is -0.318. The van der Waals surface area contributed by atoms with Crippen LogP contribution in [-0.2, 0) is 0 Å². The number of halogens is 1. The number of carbonyl (C=O) groups is 1. The summed E-state index contributed by atoms with van der Waals surface area (Å²) >= 11 is 6.23. The Labute approximate surface area is 203 Å². The fourth-order valence-electron chi connectivity index (χ4n) is 3.87. The number of aromatic nitrogens is 2. The van der Waals surface area contributed by atoms with Crippen LogP contribution in [0.1, 0.15) is 16.1 Å². The number of nitrogens with zero attached hydrogens (tertiary/aromatic N) is 2. The highest BCUT2D eigenvalue weighted by Crippen LogP contribution is 2.28. The van der Waals surface area contributed by atoms with Gasteiger partial charge in [-0.2, -0.15) is 5.10 Å². The zero-order chi connectivity index (χ0) is 23.5. The van der Waals surface area contributed by atoms with Crippen LogP contribution in [0.4, 0.5) is 5.69 Å². The molecule has 0 atom stereocenters. The SMILES string of the molecule is Cc1cccc(-n2nc(C(=O)Nc3ccccc3Cl)cc2-c2ccc(-c3ccccc3)cc2)c1. The number of hydrogen-bond acceptors (Lipinski definition) is 2. The summed E-state index contributed by atoms with van der Waals surface area (Å²) in [5.41, 5.74) is 6.93. The lowest BCUT2D eigenvalue weighted by molar-refractivity contribution is 0.102. The van der Waals surface area contributed by atoms with E-state index in [4.69, 9.17) is 11.6 Å². The van der Waals surface area contributed by atoms with Crippen molar-refractivity contribution in [3.05, 3.63) is 125 Å². The third-order valence-electron chi connectivity index (χ3n) is 5.60. The van der Waals surface area contributed by atoms with E-state index in [0.29, 0.717) is 16.4 Å². The quantitative estimate of drug-likeness (QED) is 0.294. The highest BCUT2D eigenvalue weighted by atomic mass is 35.5. The van der Waals surface area contributed by atoms with E-state index >= 15 is 0 Å². The first-order chi connectivity index (χ1) is 16.6. The van der Waals surface area contributed by atoms with Crippen molar-refractivity contribution in [2.45, 2.75) is 6.92 Å². The van der Waals surface area contributed by atoms with Gasteiger partial charge in [-0.15, -0.1) is 0 Å². The Hall–Kier alpha value is -4.15. The van der Waals surface area contributed by atoms with Gasteiger partial charge in [0.15, 0.2) is 5.69 Å². The summed E-state index contributed by atoms with van der Waals surface area (Å²) < 4.78 is 1.81. The molecule has 1 aromatic heterocycles. The molecule has 1 amide bonds. The summed E-state index contributed by atoms with van der Waals surface area (Å²) in [6.07, 6.45) is 0. The van der Waals surface area contributed by atoms with Gasteiger partial charge in [0.1, 0.15) is 0 Å². The molecule has 0 radical (unpaired) electrons. The molecule has 0 aliphatic heterocycles. The predicted molar refractivity (Wildman–Crippen MR) is 139 cm³/mol. The summed E-state index contributed by atoms with van der Waals surface area (Å²) in [4.78, 5) is 13.1. The van der Waals surface area contributed by atoms with Gasteiger partial charge in [0, 0.05) is 5.56 Å². The van der Waals surface area contributed by atoms with Crippen molar-refractivity contribution in [3.63, 3.8) is 0 Å². The third-order valence-corrected chi connectivity index (χ3v) is 5.93. The van der Waals surface area contributed by atoms with E-state index in [0.717, 1.165) is 33.6 Å². The molecule has 0 fully saturated rings. The Kier molecular flexibility index (Phi) is 5.98. The van der Waals surface area contributed by atoms with Crippen LogP contribution in [0.2, 0.25) is 5.02 Å². The Bertz CT molecular complexity index is 1460. The molecule has 4 nitrogen and oxygen atoms in total. The Balaban J connectivity index is 1.55. The zero-order valence-corrected chi connectivity index (χ0v) is 19.3. The van der Waals surface area contributed by atoms with E-state index in [1.54, 1.807) is 12.1 Å². The summed E-state index contributed by atoms with van der Waals surface area (Å²) in [6.45, 7) is 2.03. The van der Waals surface area contributed by atoms with Crippen LogP contribution < -0.4 is 5.32 Å². The fraction of sp³-hybridized carbons (Fsp3) is 0.0345. The molecule has 4 aromatic carbocycles. The minimum absolute atomic E-state index is 0.309. The van der Waals surface area contributed by atoms with Gasteiger partial charge in [-0.3, -0.25) is 4.79 Å². The predicted octanol–water partition coefficient (Wildman–Crippen LogP) is 7.42. The first-order valence-corrected chi connectivity index (χ1v) is 11.4. The zero-order valence-electron chi connectivity index (χ0n) is 18.6. The molecule has 0 spiro atoms. The second-order valence-electron chi connectivity index (χ2n) is 8.04. The van der Waals surface area contributed by atoms with Crippen LogP contribution in [0.5, 0.6) is 0 Å². The van der Waals surface area contributed by atoms with Crippen LogP contribution >= 0.6 is 11.6 Å². The molecule has 166 valence electrons. The smallest absolute Gasteiger partial charge is 0.276 e. The van der Waals surface area contributed by atoms with Crippen molar-refractivity contribution in [3.8, 4) is 28.1 Å². The first-order valence-electron chi connectivity index (χ1n) is 11.0. The second kappa shape index (κ2) is 9.38. The average molecular weight is 464 g/mol. The van der Waals surface area contributed by atoms with Crippen molar-refractivity contribution >= 4 is 23.2 Å². The van der Waals surface area contributed by atoms with E-state index in [1.807, 2.05) is 72.3 Å². The highest BCUT2D eigenvalue weighted by Gasteiger charge is 2.18. The van der Waals surface area contributed by atoms with E-state index in [9.17, 15) is 4.79 Å². The van der Waals surface area contributed by atoms with E-state index in [-0.39, 0.29) is 5.91 Å². The number of nitrogens with one attached hydrogen (secondary N) is 1. The average Bonchev–Trinajstić information content (AvgIpc) is 3.32. The monoisotopic (exact) mass is 463 g/mol. The lowest BCUT2D eigenvalue weighted by Gasteiger charge is -2.09. The number of anilines is 1. The molecule has 0 aliphatic rings. The maximum absolute atomic E-state index is 13.1. The van der Waals surface area contributed by atoms with Crippen LogP contribution in [0.25, 0.3) is 28.1 Å². The molecule has 1 heterocycles. The highest BCUT2D eigenvalue weighted by molar-refractivity contribution is 6.33. The van der Waals surface area contributed by atoms with Crippen molar-refractivity contribution < 1.29 is 4.79 Å². The molecule has 0 bridgehead atoms. The minimum Gasteiger partial charge on any atom is -0.319 e. The van der Waals surface area contributed by atoms with Gasteiger partial charge in [-0.25, -0.2) is 4.68 Å². The van der Waals surface area contributed by atoms with Crippen LogP contribution in [0.3, 0.4) is 0 Å². The molecular weight excluding hydrogens is 442 g/mol. The number of para-hydroxylation sites is 1. The van der Waals surface area contributed by atoms with Gasteiger partial charge in [-0.1, -0.05) is 90.5 Å². The summed E-state index contributed by atoms with van der Waals surface area (Å²) in [5.74, 6) is -0.318. The topological polar surface area (TPSA) is 46.9 Å². The first kappa shape index (κ1) is 21.7. The molecule has 0 saturated carbocycles. The van der Waals surface area contributed by atoms with Crippen LogP contribution in [0, 0.1) is 6.92 Å². The maximum Gasteiger partial charge on any atom is 0.276 e. The Morgan fingerprint density at radius 3 is 2.18 bits per heavy atom. The largest absolute Gasteiger partial charge is 0.319 e. The summed E-state index contributed by atoms with van der Waals surface area (Å²) in [6, 6.07) is 35.5. The van der Waals surface area contributed by atoms with Gasteiger partial charge in [0.05, 0.1) is 22.1 Å². The number of rotatable bonds is 5. The molecule has 5 heteroatoms. The summed E-state index contributed by atoms with van der Waals surface area (Å²) in [7, 11) is 0. The Morgan fingerprint density at radius 1 is 0.765 bits per heavy atom. The number of carbonyl (C=O) groups excluding carboxylic acids is 1. The van der Waals surface area contributed by atoms with Crippen molar-refractivity contribution in [1.82, 2.24) is 9.78 Å². The molecule has 5 rings (SSSR count). The maximum atomic E-state index is 13.1. The normalized spacial score (nSPS) is 10.8. The van der Waals surface area contributed by atoms with E-state index < -0.39 is 0 Å². The molecular formula is C29H22ClN3O. The molecule has 5 aromatic rings. The van der Waals surface area contributed by atoms with Crippen LogP contribution in [-0.4, -0.2) is 15.7 Å². The lowest BCUT2D eigenvalue weighted by Crippen LogP contribution is -2.13. The Morgan fingerprint density at radius 2 is 1.44 bits per heavy atom. The number of benzene rings is 4. The van der Waals surface area contributed by atoms with E-state index in [1.165, 1.54) is 0 Å². The van der Waals surface area contributed by atoms with Gasteiger partial charge in [0.25, 0.3) is 5.91 Å². The van der Waals surface area contributed by atoms with Crippen molar-refractivity contribution in [2.75, 3.05) is 5.32 Å². The van der Waals surface area contributed by atoms with Crippen molar-refractivity contribution in [1.29, 1.82) is 0 Å². The number of amides is 1. The van der Waals surface area contributed by atoms with Crippen LogP contribution in [0.15, 0.2) is 109 Å². The standard InChI is InChI=1S/C29H22ClN3O/c1-20-8-7-11-24(18-20)33-28(23-16-14-22(15-17-23)21-9-3-2-4-10-21)19-27(32-33)29(34)31-26-13-6-5-12-25(26)30/h2-19H,1H3,(H,31,34). The van der Waals surface area contributed by atoms with Gasteiger partial charge >= 0.3 is 0 Å². The molecule has 1 N–H and O–H groups in total. The fourth-order valence-corrected chi connectivity index (χ4v) is 4.05. The third kappa shape index (κ3) is 4.49. The van der Waals surface area contributed by atoms with Gasteiger partial charge in [-0.05, 0) is 53.9 Å². The molecule has 0 unspecified atom stereocenters. The second-order valence-corrected chi connectivity index (χ2v) is 8.45. The molecule has 0 aliphatic carbocycles. The molecule has 0 saturated heterocycles. The molecule has 34 heavy (non-hydrogen) atoms. The lowest BCUT2D eigenvalue weighted by atomic mass is 10.0.